The highest BCUT2D eigenvalue weighted by Gasteiger charge is 2.33. The highest BCUT2D eigenvalue weighted by atomic mass is 16.5. The second-order valence-electron chi connectivity index (χ2n) is 5.92. The Kier molecular flexibility index (Phi) is 4.27. The van der Waals surface area contributed by atoms with Gasteiger partial charge in [0.1, 0.15) is 5.75 Å². The number of benzene rings is 1. The van der Waals surface area contributed by atoms with Gasteiger partial charge in [0, 0.05) is 18.6 Å². The van der Waals surface area contributed by atoms with Crippen LogP contribution in [0.1, 0.15) is 44.2 Å². The lowest BCUT2D eigenvalue weighted by atomic mass is 9.87. The molecule has 3 heteroatoms. The van der Waals surface area contributed by atoms with Crippen LogP contribution in [0.2, 0.25) is 0 Å². The van der Waals surface area contributed by atoms with Crippen LogP contribution in [0.4, 0.5) is 0 Å². The van der Waals surface area contributed by atoms with E-state index in [0.29, 0.717) is 24.2 Å². The molecule has 0 aromatic heterocycles. The fourth-order valence-electron chi connectivity index (χ4n) is 3.23. The van der Waals surface area contributed by atoms with Crippen molar-refractivity contribution in [3.05, 3.63) is 29.8 Å². The van der Waals surface area contributed by atoms with Gasteiger partial charge in [-0.25, -0.2) is 0 Å². The van der Waals surface area contributed by atoms with E-state index in [4.69, 9.17) is 9.47 Å². The van der Waals surface area contributed by atoms with Gasteiger partial charge in [0.2, 0.25) is 0 Å². The standard InChI is InChI=1S/C17H25NO2/c1-3-16-15(10-11-19-16)17(18-2)12-4-6-13(7-5-12)20-14-8-9-14/h4-7,14-18H,3,8-11H2,1-2H3. The van der Waals surface area contributed by atoms with Gasteiger partial charge >= 0.3 is 0 Å². The first-order valence-electron chi connectivity index (χ1n) is 7.87. The Hall–Kier alpha value is -1.06. The van der Waals surface area contributed by atoms with E-state index in [-0.39, 0.29) is 0 Å². The molecule has 20 heavy (non-hydrogen) atoms. The maximum Gasteiger partial charge on any atom is 0.119 e. The van der Waals surface area contributed by atoms with E-state index in [1.54, 1.807) is 0 Å². The zero-order valence-corrected chi connectivity index (χ0v) is 12.5. The van der Waals surface area contributed by atoms with Gasteiger partial charge in [0.15, 0.2) is 0 Å². The molecule has 3 unspecified atom stereocenters. The normalized spacial score (nSPS) is 27.5. The third kappa shape index (κ3) is 2.99. The van der Waals surface area contributed by atoms with Crippen molar-refractivity contribution in [3.8, 4) is 5.75 Å². The minimum absolute atomic E-state index is 0.373. The quantitative estimate of drug-likeness (QED) is 0.864. The molecule has 2 fully saturated rings. The summed E-state index contributed by atoms with van der Waals surface area (Å²) in [6.07, 6.45) is 5.50. The number of hydrogen-bond acceptors (Lipinski definition) is 3. The van der Waals surface area contributed by atoms with Crippen LogP contribution in [-0.2, 0) is 4.74 Å². The number of nitrogens with one attached hydrogen (secondary N) is 1. The van der Waals surface area contributed by atoms with Crippen LogP contribution in [0, 0.1) is 5.92 Å². The third-order valence-corrected chi connectivity index (χ3v) is 4.47. The lowest BCUT2D eigenvalue weighted by Crippen LogP contribution is -2.30. The molecule has 0 spiro atoms. The molecule has 0 amide bonds. The third-order valence-electron chi connectivity index (χ3n) is 4.47. The molecular formula is C17H25NO2. The summed E-state index contributed by atoms with van der Waals surface area (Å²) < 4.78 is 11.7. The van der Waals surface area contributed by atoms with E-state index in [9.17, 15) is 0 Å². The zero-order chi connectivity index (χ0) is 13.9. The molecule has 0 bridgehead atoms. The summed E-state index contributed by atoms with van der Waals surface area (Å²) in [6.45, 7) is 3.10. The molecular weight excluding hydrogens is 250 g/mol. The van der Waals surface area contributed by atoms with Crippen molar-refractivity contribution >= 4 is 0 Å². The van der Waals surface area contributed by atoms with Gasteiger partial charge < -0.3 is 14.8 Å². The molecule has 3 nitrogen and oxygen atoms in total. The summed E-state index contributed by atoms with van der Waals surface area (Å²) in [6, 6.07) is 8.98. The Balaban J connectivity index is 1.71. The Morgan fingerprint density at radius 3 is 2.60 bits per heavy atom. The van der Waals surface area contributed by atoms with Crippen LogP contribution in [0.3, 0.4) is 0 Å². The fourth-order valence-corrected chi connectivity index (χ4v) is 3.23. The van der Waals surface area contributed by atoms with Crippen LogP contribution in [0.25, 0.3) is 0 Å². The molecule has 1 saturated heterocycles. The summed E-state index contributed by atoms with van der Waals surface area (Å²) in [5, 5.41) is 3.48. The monoisotopic (exact) mass is 275 g/mol. The lowest BCUT2D eigenvalue weighted by Gasteiger charge is -2.27. The first-order chi connectivity index (χ1) is 9.81. The molecule has 1 heterocycles. The molecule has 1 aromatic carbocycles. The molecule has 1 aliphatic carbocycles. The molecule has 3 atom stereocenters. The van der Waals surface area contributed by atoms with Gasteiger partial charge in [0.25, 0.3) is 0 Å². The molecule has 1 N–H and O–H groups in total. The SMILES string of the molecule is CCC1OCCC1C(NC)c1ccc(OC2CC2)cc1. The maximum absolute atomic E-state index is 5.84. The fraction of sp³-hybridized carbons (Fsp3) is 0.647. The first kappa shape index (κ1) is 13.9. The minimum atomic E-state index is 0.373. The molecule has 1 aromatic rings. The number of ether oxygens (including phenoxy) is 2. The maximum atomic E-state index is 5.84. The largest absolute Gasteiger partial charge is 0.490 e. The van der Waals surface area contributed by atoms with Crippen molar-refractivity contribution in [2.75, 3.05) is 13.7 Å². The van der Waals surface area contributed by atoms with Crippen LogP contribution in [0.15, 0.2) is 24.3 Å². The smallest absolute Gasteiger partial charge is 0.119 e. The van der Waals surface area contributed by atoms with Crippen molar-refractivity contribution in [1.82, 2.24) is 5.32 Å². The van der Waals surface area contributed by atoms with Crippen LogP contribution < -0.4 is 10.1 Å². The van der Waals surface area contributed by atoms with E-state index in [1.807, 2.05) is 7.05 Å². The molecule has 3 rings (SSSR count). The number of rotatable bonds is 6. The van der Waals surface area contributed by atoms with Crippen molar-refractivity contribution in [2.45, 2.75) is 50.9 Å². The highest BCUT2D eigenvalue weighted by Crippen LogP contribution is 2.35. The van der Waals surface area contributed by atoms with Crippen molar-refractivity contribution < 1.29 is 9.47 Å². The Labute approximate surface area is 121 Å². The lowest BCUT2D eigenvalue weighted by molar-refractivity contribution is 0.0782. The minimum Gasteiger partial charge on any atom is -0.490 e. The van der Waals surface area contributed by atoms with E-state index < -0.39 is 0 Å². The number of hydrogen-bond donors (Lipinski definition) is 1. The van der Waals surface area contributed by atoms with Gasteiger partial charge in [-0.2, -0.15) is 0 Å². The average Bonchev–Trinajstić information content (AvgIpc) is 3.17. The van der Waals surface area contributed by atoms with Crippen LogP contribution >= 0.6 is 0 Å². The molecule has 0 radical (unpaired) electrons. The first-order valence-corrected chi connectivity index (χ1v) is 7.87. The van der Waals surface area contributed by atoms with Gasteiger partial charge in [0.05, 0.1) is 12.2 Å². The van der Waals surface area contributed by atoms with Crippen molar-refractivity contribution in [2.24, 2.45) is 5.92 Å². The average molecular weight is 275 g/mol. The van der Waals surface area contributed by atoms with Gasteiger partial charge in [-0.15, -0.1) is 0 Å². The topological polar surface area (TPSA) is 30.5 Å². The molecule has 110 valence electrons. The van der Waals surface area contributed by atoms with Crippen molar-refractivity contribution in [1.29, 1.82) is 0 Å². The molecule has 1 saturated carbocycles. The Morgan fingerprint density at radius 1 is 1.25 bits per heavy atom. The van der Waals surface area contributed by atoms with Gasteiger partial charge in [-0.05, 0) is 50.4 Å². The summed E-state index contributed by atoms with van der Waals surface area (Å²) in [7, 11) is 2.05. The van der Waals surface area contributed by atoms with Gasteiger partial charge in [-0.1, -0.05) is 19.1 Å². The molecule has 1 aliphatic heterocycles. The second-order valence-corrected chi connectivity index (χ2v) is 5.92. The van der Waals surface area contributed by atoms with E-state index >= 15 is 0 Å². The summed E-state index contributed by atoms with van der Waals surface area (Å²) in [5.74, 6) is 1.57. The van der Waals surface area contributed by atoms with Crippen LogP contribution in [0.5, 0.6) is 5.75 Å². The van der Waals surface area contributed by atoms with E-state index in [1.165, 1.54) is 18.4 Å². The predicted octanol–water partition coefficient (Wildman–Crippen LogP) is 3.30. The predicted molar refractivity (Wildman–Crippen MR) is 80.0 cm³/mol. The zero-order valence-electron chi connectivity index (χ0n) is 12.5. The van der Waals surface area contributed by atoms with E-state index in [2.05, 4.69) is 36.5 Å². The highest BCUT2D eigenvalue weighted by molar-refractivity contribution is 5.30. The molecule has 2 aliphatic rings. The Morgan fingerprint density at radius 2 is 2.00 bits per heavy atom. The second kappa shape index (κ2) is 6.15. The Bertz CT molecular complexity index is 427. The van der Waals surface area contributed by atoms with Crippen molar-refractivity contribution in [3.63, 3.8) is 0 Å². The van der Waals surface area contributed by atoms with Crippen LogP contribution in [-0.4, -0.2) is 25.9 Å². The summed E-state index contributed by atoms with van der Waals surface area (Å²) in [4.78, 5) is 0. The summed E-state index contributed by atoms with van der Waals surface area (Å²) in [5.41, 5.74) is 1.34. The van der Waals surface area contributed by atoms with Gasteiger partial charge in [-0.3, -0.25) is 0 Å². The van der Waals surface area contributed by atoms with E-state index in [0.717, 1.165) is 25.2 Å². The summed E-state index contributed by atoms with van der Waals surface area (Å²) >= 11 is 0.